The van der Waals surface area contributed by atoms with Gasteiger partial charge in [-0.25, -0.2) is 0 Å². The van der Waals surface area contributed by atoms with Gasteiger partial charge in [-0.05, 0) is 50.6 Å². The first-order valence-corrected chi connectivity index (χ1v) is 7.19. The molecule has 3 nitrogen and oxygen atoms in total. The van der Waals surface area contributed by atoms with E-state index >= 15 is 0 Å². The van der Waals surface area contributed by atoms with Crippen LogP contribution in [-0.4, -0.2) is 31.6 Å². The van der Waals surface area contributed by atoms with Crippen LogP contribution in [0.5, 0.6) is 5.75 Å². The lowest BCUT2D eigenvalue weighted by atomic mass is 10.1. The van der Waals surface area contributed by atoms with Gasteiger partial charge in [0.2, 0.25) is 0 Å². The van der Waals surface area contributed by atoms with E-state index in [0.29, 0.717) is 6.61 Å². The van der Waals surface area contributed by atoms with Crippen LogP contribution in [0.3, 0.4) is 0 Å². The lowest BCUT2D eigenvalue weighted by molar-refractivity contribution is 0.292. The van der Waals surface area contributed by atoms with Gasteiger partial charge in [-0.15, -0.1) is 0 Å². The summed E-state index contributed by atoms with van der Waals surface area (Å²) in [6.07, 6.45) is 1.21. The van der Waals surface area contributed by atoms with Gasteiger partial charge in [0.1, 0.15) is 5.75 Å². The molecule has 0 amide bonds. The molecule has 0 aromatic heterocycles. The van der Waals surface area contributed by atoms with Crippen LogP contribution in [0, 0.1) is 5.92 Å². The second kappa shape index (κ2) is 8.18. The number of benzene rings is 1. The molecule has 0 fully saturated rings. The number of rotatable bonds is 8. The SMILES string of the molecule is CCOc1ccc(C(N)CN(C)CCC(C)C)cc1. The third kappa shape index (κ3) is 6.08. The van der Waals surface area contributed by atoms with Gasteiger partial charge in [-0.2, -0.15) is 0 Å². The Morgan fingerprint density at radius 1 is 1.21 bits per heavy atom. The maximum Gasteiger partial charge on any atom is 0.119 e. The predicted molar refractivity (Wildman–Crippen MR) is 81.5 cm³/mol. The molecule has 0 spiro atoms. The van der Waals surface area contributed by atoms with Crippen molar-refractivity contribution in [1.82, 2.24) is 4.90 Å². The summed E-state index contributed by atoms with van der Waals surface area (Å²) in [5.74, 6) is 1.65. The maximum atomic E-state index is 6.24. The molecule has 1 rings (SSSR count). The molecule has 0 saturated heterocycles. The van der Waals surface area contributed by atoms with Gasteiger partial charge in [-0.1, -0.05) is 26.0 Å². The van der Waals surface area contributed by atoms with Gasteiger partial charge >= 0.3 is 0 Å². The lowest BCUT2D eigenvalue weighted by Crippen LogP contribution is -2.30. The maximum absolute atomic E-state index is 6.24. The van der Waals surface area contributed by atoms with Gasteiger partial charge in [0, 0.05) is 12.6 Å². The zero-order valence-corrected chi connectivity index (χ0v) is 12.7. The first-order valence-electron chi connectivity index (χ1n) is 7.19. The Bertz CT molecular complexity index is 348. The largest absolute Gasteiger partial charge is 0.494 e. The van der Waals surface area contributed by atoms with Gasteiger partial charge < -0.3 is 15.4 Å². The van der Waals surface area contributed by atoms with Crippen molar-refractivity contribution in [2.24, 2.45) is 11.7 Å². The van der Waals surface area contributed by atoms with Crippen LogP contribution in [0.25, 0.3) is 0 Å². The second-order valence-corrected chi connectivity index (χ2v) is 5.55. The Balaban J connectivity index is 2.45. The van der Waals surface area contributed by atoms with Crippen LogP contribution in [0.2, 0.25) is 0 Å². The van der Waals surface area contributed by atoms with Gasteiger partial charge in [0.25, 0.3) is 0 Å². The van der Waals surface area contributed by atoms with Crippen LogP contribution in [0.1, 0.15) is 38.8 Å². The number of hydrogen-bond acceptors (Lipinski definition) is 3. The summed E-state index contributed by atoms with van der Waals surface area (Å²) in [5.41, 5.74) is 7.41. The molecule has 1 aromatic carbocycles. The van der Waals surface area contributed by atoms with Gasteiger partial charge in [0.15, 0.2) is 0 Å². The number of nitrogens with two attached hydrogens (primary N) is 1. The molecule has 19 heavy (non-hydrogen) atoms. The van der Waals surface area contributed by atoms with Crippen LogP contribution < -0.4 is 10.5 Å². The molecular weight excluding hydrogens is 236 g/mol. The molecule has 2 N–H and O–H groups in total. The number of likely N-dealkylation sites (N-methyl/N-ethyl adjacent to an activating group) is 1. The van der Waals surface area contributed by atoms with Gasteiger partial charge in [-0.3, -0.25) is 0 Å². The number of hydrogen-bond donors (Lipinski definition) is 1. The molecule has 1 unspecified atom stereocenters. The van der Waals surface area contributed by atoms with E-state index < -0.39 is 0 Å². The van der Waals surface area contributed by atoms with Crippen LogP contribution >= 0.6 is 0 Å². The predicted octanol–water partition coefficient (Wildman–Crippen LogP) is 3.06. The first kappa shape index (κ1) is 16.0. The van der Waals surface area contributed by atoms with E-state index in [2.05, 4.69) is 37.9 Å². The molecule has 108 valence electrons. The van der Waals surface area contributed by atoms with Crippen molar-refractivity contribution < 1.29 is 4.74 Å². The first-order chi connectivity index (χ1) is 9.02. The van der Waals surface area contributed by atoms with Crippen LogP contribution in [0.4, 0.5) is 0 Å². The average Bonchev–Trinajstić information content (AvgIpc) is 2.37. The summed E-state index contributed by atoms with van der Waals surface area (Å²) in [5, 5.41) is 0. The quantitative estimate of drug-likeness (QED) is 0.784. The third-order valence-corrected chi connectivity index (χ3v) is 3.22. The van der Waals surface area contributed by atoms with E-state index in [0.717, 1.165) is 24.8 Å². The minimum absolute atomic E-state index is 0.0628. The Hall–Kier alpha value is -1.06. The summed E-state index contributed by atoms with van der Waals surface area (Å²) < 4.78 is 5.44. The Morgan fingerprint density at radius 2 is 1.84 bits per heavy atom. The van der Waals surface area contributed by atoms with E-state index in [9.17, 15) is 0 Å². The lowest BCUT2D eigenvalue weighted by Gasteiger charge is -2.22. The number of nitrogens with zero attached hydrogens (tertiary/aromatic N) is 1. The third-order valence-electron chi connectivity index (χ3n) is 3.22. The highest BCUT2D eigenvalue weighted by Crippen LogP contribution is 2.17. The van der Waals surface area contributed by atoms with Crippen molar-refractivity contribution in [3.8, 4) is 5.75 Å². The zero-order chi connectivity index (χ0) is 14.3. The molecule has 1 atom stereocenters. The topological polar surface area (TPSA) is 38.5 Å². The van der Waals surface area contributed by atoms with E-state index in [4.69, 9.17) is 10.5 Å². The molecule has 0 aliphatic heterocycles. The van der Waals surface area contributed by atoms with Gasteiger partial charge in [0.05, 0.1) is 6.61 Å². The standard InChI is InChI=1S/C16H28N2O/c1-5-19-15-8-6-14(7-9-15)16(17)12-18(4)11-10-13(2)3/h6-9,13,16H,5,10-12,17H2,1-4H3. The van der Waals surface area contributed by atoms with Crippen LogP contribution in [0.15, 0.2) is 24.3 Å². The molecule has 0 aliphatic carbocycles. The van der Waals surface area contributed by atoms with Crippen molar-refractivity contribution >= 4 is 0 Å². The normalized spacial score (nSPS) is 13.0. The van der Waals surface area contributed by atoms with E-state index in [1.54, 1.807) is 0 Å². The second-order valence-electron chi connectivity index (χ2n) is 5.55. The average molecular weight is 264 g/mol. The monoisotopic (exact) mass is 264 g/mol. The summed E-state index contributed by atoms with van der Waals surface area (Å²) in [7, 11) is 2.14. The highest BCUT2D eigenvalue weighted by molar-refractivity contribution is 5.29. The summed E-state index contributed by atoms with van der Waals surface area (Å²) >= 11 is 0. The Labute approximate surface area is 117 Å². The molecular formula is C16H28N2O. The highest BCUT2D eigenvalue weighted by atomic mass is 16.5. The highest BCUT2D eigenvalue weighted by Gasteiger charge is 2.09. The summed E-state index contributed by atoms with van der Waals surface area (Å²) in [6, 6.07) is 8.17. The van der Waals surface area contributed by atoms with E-state index in [1.807, 2.05) is 19.1 Å². The van der Waals surface area contributed by atoms with Crippen LogP contribution in [-0.2, 0) is 0 Å². The fraction of sp³-hybridized carbons (Fsp3) is 0.625. The van der Waals surface area contributed by atoms with Crippen molar-refractivity contribution in [3.63, 3.8) is 0 Å². The van der Waals surface area contributed by atoms with Crippen molar-refractivity contribution in [2.45, 2.75) is 33.2 Å². The smallest absolute Gasteiger partial charge is 0.119 e. The molecule has 0 heterocycles. The molecule has 1 aromatic rings. The minimum Gasteiger partial charge on any atom is -0.494 e. The van der Waals surface area contributed by atoms with E-state index in [1.165, 1.54) is 12.0 Å². The van der Waals surface area contributed by atoms with Crippen molar-refractivity contribution in [1.29, 1.82) is 0 Å². The molecule has 3 heteroatoms. The van der Waals surface area contributed by atoms with Crippen molar-refractivity contribution in [2.75, 3.05) is 26.7 Å². The Morgan fingerprint density at radius 3 is 2.37 bits per heavy atom. The number of ether oxygens (including phenoxy) is 1. The fourth-order valence-electron chi connectivity index (χ4n) is 1.99. The van der Waals surface area contributed by atoms with E-state index in [-0.39, 0.29) is 6.04 Å². The molecule has 0 saturated carbocycles. The molecule has 0 radical (unpaired) electrons. The molecule has 0 aliphatic rings. The summed E-state index contributed by atoms with van der Waals surface area (Å²) in [4.78, 5) is 2.31. The minimum atomic E-state index is 0.0628. The summed E-state index contributed by atoms with van der Waals surface area (Å²) in [6.45, 7) is 9.18. The fourth-order valence-corrected chi connectivity index (χ4v) is 1.99. The zero-order valence-electron chi connectivity index (χ0n) is 12.7. The Kier molecular flexibility index (Phi) is 6.89. The molecule has 0 bridgehead atoms. The van der Waals surface area contributed by atoms with Crippen molar-refractivity contribution in [3.05, 3.63) is 29.8 Å².